The van der Waals surface area contributed by atoms with Gasteiger partial charge in [-0.25, -0.2) is 8.42 Å². The summed E-state index contributed by atoms with van der Waals surface area (Å²) in [6, 6.07) is 22.2. The number of likely N-dealkylation sites (N-methyl/N-ethyl adjacent to an activating group) is 1. The van der Waals surface area contributed by atoms with Crippen molar-refractivity contribution in [1.82, 2.24) is 10.2 Å². The maximum Gasteiger partial charge on any atom is 0.244 e. The number of anilines is 1. The lowest BCUT2D eigenvalue weighted by Gasteiger charge is -2.31. The van der Waals surface area contributed by atoms with E-state index in [1.54, 1.807) is 55.5 Å². The molecule has 0 saturated carbocycles. The predicted octanol–water partition coefficient (Wildman–Crippen LogP) is 3.85. The normalized spacial score (nSPS) is 11.9. The van der Waals surface area contributed by atoms with Crippen LogP contribution in [-0.4, -0.2) is 51.0 Å². The van der Waals surface area contributed by atoms with Crippen LogP contribution in [0.25, 0.3) is 0 Å². The molecule has 10 heteroatoms. The number of hydrogen-bond donors (Lipinski definition) is 1. The van der Waals surface area contributed by atoms with E-state index in [0.29, 0.717) is 28.6 Å². The van der Waals surface area contributed by atoms with Crippen LogP contribution in [0.2, 0.25) is 5.02 Å². The van der Waals surface area contributed by atoms with E-state index < -0.39 is 28.5 Å². The van der Waals surface area contributed by atoms with E-state index in [2.05, 4.69) is 5.32 Å². The van der Waals surface area contributed by atoms with E-state index in [-0.39, 0.29) is 12.5 Å². The summed E-state index contributed by atoms with van der Waals surface area (Å²) in [5.41, 5.74) is 2.01. The van der Waals surface area contributed by atoms with Crippen LogP contribution in [0.1, 0.15) is 18.1 Å². The summed E-state index contributed by atoms with van der Waals surface area (Å²) in [6.07, 6.45) is 1.03. The fraction of sp³-hybridized carbons (Fsp3) is 0.259. The van der Waals surface area contributed by atoms with Crippen LogP contribution in [0.3, 0.4) is 0 Å². The van der Waals surface area contributed by atoms with Gasteiger partial charge in [0.2, 0.25) is 21.8 Å². The van der Waals surface area contributed by atoms with Gasteiger partial charge in [0.1, 0.15) is 24.9 Å². The molecule has 0 aliphatic rings. The van der Waals surface area contributed by atoms with Gasteiger partial charge in [-0.15, -0.1) is 0 Å². The van der Waals surface area contributed by atoms with Crippen molar-refractivity contribution in [1.29, 1.82) is 0 Å². The minimum Gasteiger partial charge on any atom is -0.489 e. The van der Waals surface area contributed by atoms with E-state index in [4.69, 9.17) is 16.3 Å². The Morgan fingerprint density at radius 3 is 2.22 bits per heavy atom. The van der Waals surface area contributed by atoms with Gasteiger partial charge in [-0.05, 0) is 54.4 Å². The van der Waals surface area contributed by atoms with Gasteiger partial charge in [0.15, 0.2) is 0 Å². The van der Waals surface area contributed by atoms with Gasteiger partial charge in [0, 0.05) is 18.6 Å². The highest BCUT2D eigenvalue weighted by molar-refractivity contribution is 7.92. The van der Waals surface area contributed by atoms with Gasteiger partial charge in [0.05, 0.1) is 11.9 Å². The van der Waals surface area contributed by atoms with Gasteiger partial charge in [-0.2, -0.15) is 0 Å². The standard InChI is InChI=1S/C27H30ClN3O5S/c1-20(27(33)29-2)30(17-22-10-7-11-23(28)16-22)26(32)18-31(37(3,34)35)24-12-14-25(15-13-24)36-19-21-8-5-4-6-9-21/h4-16,20H,17-19H2,1-3H3,(H,29,33)/t20-/m0/s1. The number of ether oxygens (including phenoxy) is 1. The quantitative estimate of drug-likeness (QED) is 0.396. The zero-order chi connectivity index (χ0) is 27.0. The van der Waals surface area contributed by atoms with Crippen LogP contribution < -0.4 is 14.4 Å². The van der Waals surface area contributed by atoms with Crippen molar-refractivity contribution in [2.75, 3.05) is 24.2 Å². The molecule has 2 amide bonds. The number of rotatable bonds is 11. The molecule has 0 unspecified atom stereocenters. The summed E-state index contributed by atoms with van der Waals surface area (Å²) in [6.45, 7) is 1.55. The Morgan fingerprint density at radius 2 is 1.62 bits per heavy atom. The number of carbonyl (C=O) groups excluding carboxylic acids is 2. The molecular weight excluding hydrogens is 514 g/mol. The van der Waals surface area contributed by atoms with Gasteiger partial charge >= 0.3 is 0 Å². The molecule has 0 aliphatic carbocycles. The molecule has 3 aromatic carbocycles. The number of hydrogen-bond acceptors (Lipinski definition) is 5. The van der Waals surface area contributed by atoms with E-state index >= 15 is 0 Å². The van der Waals surface area contributed by atoms with Crippen molar-refractivity contribution in [3.63, 3.8) is 0 Å². The smallest absolute Gasteiger partial charge is 0.244 e. The lowest BCUT2D eigenvalue weighted by atomic mass is 10.1. The Labute approximate surface area is 222 Å². The first-order valence-electron chi connectivity index (χ1n) is 11.6. The van der Waals surface area contributed by atoms with Gasteiger partial charge in [0.25, 0.3) is 0 Å². The molecule has 0 bridgehead atoms. The summed E-state index contributed by atoms with van der Waals surface area (Å²) in [4.78, 5) is 27.2. The number of halogens is 1. The maximum absolute atomic E-state index is 13.4. The molecule has 0 aliphatic heterocycles. The Morgan fingerprint density at radius 1 is 0.973 bits per heavy atom. The van der Waals surface area contributed by atoms with E-state index in [0.717, 1.165) is 16.1 Å². The second-order valence-electron chi connectivity index (χ2n) is 8.48. The molecule has 8 nitrogen and oxygen atoms in total. The van der Waals surface area contributed by atoms with Crippen LogP contribution >= 0.6 is 11.6 Å². The van der Waals surface area contributed by atoms with Crippen LogP contribution in [0.5, 0.6) is 5.75 Å². The van der Waals surface area contributed by atoms with Crippen LogP contribution in [-0.2, 0) is 32.8 Å². The molecule has 0 saturated heterocycles. The van der Waals surface area contributed by atoms with Gasteiger partial charge in [-0.3, -0.25) is 13.9 Å². The first-order valence-corrected chi connectivity index (χ1v) is 13.8. The van der Waals surface area contributed by atoms with Crippen molar-refractivity contribution in [2.24, 2.45) is 0 Å². The van der Waals surface area contributed by atoms with Crippen molar-refractivity contribution in [3.8, 4) is 5.75 Å². The van der Waals surface area contributed by atoms with E-state index in [9.17, 15) is 18.0 Å². The lowest BCUT2D eigenvalue weighted by Crippen LogP contribution is -2.50. The summed E-state index contributed by atoms with van der Waals surface area (Å²) >= 11 is 6.09. The van der Waals surface area contributed by atoms with E-state index in [1.165, 1.54) is 11.9 Å². The summed E-state index contributed by atoms with van der Waals surface area (Å²) in [5.74, 6) is -0.352. The molecule has 0 fully saturated rings. The second kappa shape index (κ2) is 12.6. The molecular formula is C27H30ClN3O5S. The molecule has 0 heterocycles. The van der Waals surface area contributed by atoms with Crippen molar-refractivity contribution in [3.05, 3.63) is 95.0 Å². The Hall–Kier alpha value is -3.56. The first-order chi connectivity index (χ1) is 17.6. The molecule has 0 spiro atoms. The minimum absolute atomic E-state index is 0.0812. The number of benzene rings is 3. The molecule has 1 atom stereocenters. The third-order valence-corrected chi connectivity index (χ3v) is 7.08. The number of nitrogens with one attached hydrogen (secondary N) is 1. The highest BCUT2D eigenvalue weighted by atomic mass is 35.5. The average molecular weight is 544 g/mol. The average Bonchev–Trinajstić information content (AvgIpc) is 2.88. The first kappa shape index (κ1) is 28.0. The number of sulfonamides is 1. The molecule has 1 N–H and O–H groups in total. The number of nitrogens with zero attached hydrogens (tertiary/aromatic N) is 2. The fourth-order valence-corrected chi connectivity index (χ4v) is 4.75. The molecule has 3 rings (SSSR count). The zero-order valence-corrected chi connectivity index (χ0v) is 22.5. The number of amides is 2. The van der Waals surface area contributed by atoms with E-state index in [1.807, 2.05) is 30.3 Å². The topological polar surface area (TPSA) is 96.0 Å². The zero-order valence-electron chi connectivity index (χ0n) is 20.9. The Balaban J connectivity index is 1.80. The van der Waals surface area contributed by atoms with Crippen LogP contribution in [0.15, 0.2) is 78.9 Å². The summed E-state index contributed by atoms with van der Waals surface area (Å²) in [5, 5.41) is 3.03. The highest BCUT2D eigenvalue weighted by Crippen LogP contribution is 2.23. The summed E-state index contributed by atoms with van der Waals surface area (Å²) in [7, 11) is -2.35. The minimum atomic E-state index is -3.82. The molecule has 3 aromatic rings. The molecule has 196 valence electrons. The molecule has 37 heavy (non-hydrogen) atoms. The SMILES string of the molecule is CNC(=O)[C@H](C)N(Cc1cccc(Cl)c1)C(=O)CN(c1ccc(OCc2ccccc2)cc1)S(C)(=O)=O. The second-order valence-corrected chi connectivity index (χ2v) is 10.8. The third kappa shape index (κ3) is 7.96. The fourth-order valence-electron chi connectivity index (χ4n) is 3.69. The lowest BCUT2D eigenvalue weighted by molar-refractivity contribution is -0.139. The highest BCUT2D eigenvalue weighted by Gasteiger charge is 2.29. The summed E-state index contributed by atoms with van der Waals surface area (Å²) < 4.78 is 32.1. The van der Waals surface area contributed by atoms with Crippen LogP contribution in [0, 0.1) is 0 Å². The van der Waals surface area contributed by atoms with Crippen LogP contribution in [0.4, 0.5) is 5.69 Å². The van der Waals surface area contributed by atoms with Crippen molar-refractivity contribution in [2.45, 2.75) is 26.1 Å². The van der Waals surface area contributed by atoms with Crippen molar-refractivity contribution >= 4 is 39.1 Å². The number of carbonyl (C=O) groups is 2. The predicted molar refractivity (Wildman–Crippen MR) is 145 cm³/mol. The Bertz CT molecular complexity index is 1320. The molecule has 0 radical (unpaired) electrons. The third-order valence-electron chi connectivity index (χ3n) is 5.71. The van der Waals surface area contributed by atoms with Gasteiger partial charge in [-0.1, -0.05) is 54.1 Å². The largest absolute Gasteiger partial charge is 0.489 e. The maximum atomic E-state index is 13.4. The monoisotopic (exact) mass is 543 g/mol. The Kier molecular flexibility index (Phi) is 9.54. The van der Waals surface area contributed by atoms with Crippen molar-refractivity contribution < 1.29 is 22.7 Å². The van der Waals surface area contributed by atoms with Gasteiger partial charge < -0.3 is 15.0 Å². The molecule has 0 aromatic heterocycles.